The zero-order valence-corrected chi connectivity index (χ0v) is 12.3. The second-order valence-corrected chi connectivity index (χ2v) is 7.16. The molecular formula is C13H13NO4S2. The van der Waals surface area contributed by atoms with Crippen molar-refractivity contribution < 1.29 is 19.4 Å². The molecule has 0 unspecified atom stereocenters. The summed E-state index contributed by atoms with van der Waals surface area (Å²) in [7, 11) is 1.66. The van der Waals surface area contributed by atoms with Gasteiger partial charge in [0.25, 0.3) is 5.91 Å². The average molecular weight is 311 g/mol. The van der Waals surface area contributed by atoms with Crippen LogP contribution in [0.1, 0.15) is 25.8 Å². The van der Waals surface area contributed by atoms with E-state index in [0.717, 1.165) is 15.8 Å². The Hall–Kier alpha value is -1.44. The Balaban J connectivity index is 1.69. The van der Waals surface area contributed by atoms with Gasteiger partial charge in [0, 0.05) is 24.5 Å². The zero-order chi connectivity index (χ0) is 14.3. The molecule has 7 heteroatoms. The summed E-state index contributed by atoms with van der Waals surface area (Å²) in [5.74, 6) is -0.590. The van der Waals surface area contributed by atoms with Crippen LogP contribution in [0, 0.1) is 5.92 Å². The molecule has 0 spiro atoms. The Morgan fingerprint density at radius 1 is 1.40 bits per heavy atom. The van der Waals surface area contributed by atoms with Crippen LogP contribution in [-0.2, 0) is 4.74 Å². The van der Waals surface area contributed by atoms with E-state index in [1.54, 1.807) is 19.2 Å². The molecule has 0 aliphatic heterocycles. The second kappa shape index (κ2) is 5.16. The largest absolute Gasteiger partial charge is 0.477 e. The first-order valence-corrected chi connectivity index (χ1v) is 7.78. The second-order valence-electron chi connectivity index (χ2n) is 4.80. The predicted molar refractivity (Wildman–Crippen MR) is 77.9 cm³/mol. The number of aromatic carboxylic acids is 1. The van der Waals surface area contributed by atoms with Gasteiger partial charge in [0.05, 0.1) is 15.5 Å². The van der Waals surface area contributed by atoms with Crippen molar-refractivity contribution in [3.8, 4) is 0 Å². The fourth-order valence-corrected chi connectivity index (χ4v) is 4.31. The third-order valence-electron chi connectivity index (χ3n) is 3.27. The molecule has 0 radical (unpaired) electrons. The average Bonchev–Trinajstić information content (AvgIpc) is 2.84. The number of hydrogen-bond acceptors (Lipinski definition) is 5. The Kier molecular flexibility index (Phi) is 3.49. The molecule has 3 rings (SSSR count). The Morgan fingerprint density at radius 3 is 2.75 bits per heavy atom. The van der Waals surface area contributed by atoms with Crippen molar-refractivity contribution in [1.29, 1.82) is 0 Å². The molecule has 0 bridgehead atoms. The standard InChI is InChI=1S/C13H13NO4S2/c1-18-5-7-2-8(7)14-11(15)9-3-6-4-10(12(16)17)20-13(6)19-9/h3-4,7-8H,2,5H2,1H3,(H,14,15)(H,16,17)/t7-,8+/m1/s1. The van der Waals surface area contributed by atoms with Crippen LogP contribution in [-0.4, -0.2) is 36.7 Å². The van der Waals surface area contributed by atoms with E-state index in [-0.39, 0.29) is 11.9 Å². The Morgan fingerprint density at radius 2 is 2.10 bits per heavy atom. The van der Waals surface area contributed by atoms with E-state index in [9.17, 15) is 9.59 Å². The van der Waals surface area contributed by atoms with Crippen molar-refractivity contribution in [2.45, 2.75) is 12.5 Å². The van der Waals surface area contributed by atoms with Crippen LogP contribution in [0.4, 0.5) is 0 Å². The maximum Gasteiger partial charge on any atom is 0.345 e. The van der Waals surface area contributed by atoms with Crippen molar-refractivity contribution in [1.82, 2.24) is 5.32 Å². The molecule has 2 aromatic rings. The number of fused-ring (bicyclic) bond motifs is 1. The number of carboxylic acid groups (broad SMARTS) is 1. The van der Waals surface area contributed by atoms with Gasteiger partial charge in [0.2, 0.25) is 0 Å². The van der Waals surface area contributed by atoms with Crippen molar-refractivity contribution in [3.05, 3.63) is 21.9 Å². The fourth-order valence-electron chi connectivity index (χ4n) is 2.12. The predicted octanol–water partition coefficient (Wildman–Crippen LogP) is 2.43. The normalized spacial score (nSPS) is 21.1. The molecule has 2 N–H and O–H groups in total. The van der Waals surface area contributed by atoms with E-state index in [1.165, 1.54) is 22.7 Å². The molecule has 2 aromatic heterocycles. The van der Waals surface area contributed by atoms with Crippen molar-refractivity contribution >= 4 is 43.9 Å². The summed E-state index contributed by atoms with van der Waals surface area (Å²) < 4.78 is 5.92. The number of nitrogens with one attached hydrogen (secondary N) is 1. The molecule has 1 aliphatic rings. The first-order chi connectivity index (χ1) is 9.58. The molecule has 0 saturated heterocycles. The lowest BCUT2D eigenvalue weighted by Gasteiger charge is -2.01. The molecule has 1 saturated carbocycles. The van der Waals surface area contributed by atoms with E-state index < -0.39 is 5.97 Å². The topological polar surface area (TPSA) is 75.6 Å². The van der Waals surface area contributed by atoms with E-state index in [0.29, 0.717) is 22.3 Å². The lowest BCUT2D eigenvalue weighted by atomic mass is 10.3. The molecule has 1 aliphatic carbocycles. The maximum atomic E-state index is 12.1. The number of rotatable bonds is 5. The summed E-state index contributed by atoms with van der Waals surface area (Å²) in [6, 6.07) is 3.57. The van der Waals surface area contributed by atoms with Crippen LogP contribution in [0.25, 0.3) is 9.40 Å². The number of carboxylic acids is 1. The van der Waals surface area contributed by atoms with Crippen molar-refractivity contribution in [2.75, 3.05) is 13.7 Å². The number of hydrogen-bond donors (Lipinski definition) is 2. The number of thiophene rings is 2. The first-order valence-electron chi connectivity index (χ1n) is 6.15. The maximum absolute atomic E-state index is 12.1. The van der Waals surface area contributed by atoms with Crippen LogP contribution < -0.4 is 5.32 Å². The monoisotopic (exact) mass is 311 g/mol. The highest BCUT2D eigenvalue weighted by Gasteiger charge is 2.38. The molecule has 1 amide bonds. The van der Waals surface area contributed by atoms with E-state index >= 15 is 0 Å². The summed E-state index contributed by atoms with van der Waals surface area (Å²) in [5, 5.41) is 12.7. The van der Waals surface area contributed by atoms with Gasteiger partial charge >= 0.3 is 5.97 Å². The van der Waals surface area contributed by atoms with Gasteiger partial charge in [-0.1, -0.05) is 0 Å². The quantitative estimate of drug-likeness (QED) is 0.889. The van der Waals surface area contributed by atoms with Crippen LogP contribution in [0.3, 0.4) is 0 Å². The van der Waals surface area contributed by atoms with Gasteiger partial charge in [-0.3, -0.25) is 4.79 Å². The third-order valence-corrected chi connectivity index (χ3v) is 5.65. The lowest BCUT2D eigenvalue weighted by molar-refractivity contribution is 0.0702. The van der Waals surface area contributed by atoms with Crippen LogP contribution >= 0.6 is 22.7 Å². The molecule has 20 heavy (non-hydrogen) atoms. The Bertz CT molecular complexity index is 644. The number of ether oxygens (including phenoxy) is 1. The highest BCUT2D eigenvalue weighted by atomic mass is 32.2. The minimum Gasteiger partial charge on any atom is -0.477 e. The van der Waals surface area contributed by atoms with E-state index in [2.05, 4.69) is 5.32 Å². The van der Waals surface area contributed by atoms with Crippen molar-refractivity contribution in [2.24, 2.45) is 5.92 Å². The summed E-state index contributed by atoms with van der Waals surface area (Å²) in [4.78, 5) is 23.9. The SMILES string of the molecule is COC[C@H]1C[C@@H]1NC(=O)c1cc2cc(C(=O)O)sc2s1. The summed E-state index contributed by atoms with van der Waals surface area (Å²) >= 11 is 2.55. The van der Waals surface area contributed by atoms with E-state index in [4.69, 9.17) is 9.84 Å². The number of carbonyl (C=O) groups is 2. The molecule has 0 aromatic carbocycles. The minimum atomic E-state index is -0.926. The van der Waals surface area contributed by atoms with Gasteiger partial charge in [-0.15, -0.1) is 22.7 Å². The highest BCUT2D eigenvalue weighted by Crippen LogP contribution is 2.35. The Labute approximate surface area is 123 Å². The summed E-state index contributed by atoms with van der Waals surface area (Å²) in [6.45, 7) is 0.673. The lowest BCUT2D eigenvalue weighted by Crippen LogP contribution is -2.26. The van der Waals surface area contributed by atoms with Crippen LogP contribution in [0.2, 0.25) is 0 Å². The highest BCUT2D eigenvalue weighted by molar-refractivity contribution is 7.39. The van der Waals surface area contributed by atoms with E-state index in [1.807, 2.05) is 0 Å². The van der Waals surface area contributed by atoms with Gasteiger partial charge in [-0.2, -0.15) is 0 Å². The molecular weight excluding hydrogens is 298 g/mol. The van der Waals surface area contributed by atoms with Crippen molar-refractivity contribution in [3.63, 3.8) is 0 Å². The van der Waals surface area contributed by atoms with Gasteiger partial charge in [-0.05, 0) is 18.6 Å². The van der Waals surface area contributed by atoms with Crippen LogP contribution in [0.15, 0.2) is 12.1 Å². The number of carbonyl (C=O) groups excluding carboxylic acids is 1. The zero-order valence-electron chi connectivity index (χ0n) is 10.7. The number of amides is 1. The third kappa shape index (κ3) is 2.56. The van der Waals surface area contributed by atoms with Gasteiger partial charge < -0.3 is 15.2 Å². The molecule has 2 heterocycles. The minimum absolute atomic E-state index is 0.0844. The smallest absolute Gasteiger partial charge is 0.345 e. The molecule has 106 valence electrons. The molecule has 5 nitrogen and oxygen atoms in total. The summed E-state index contributed by atoms with van der Waals surface area (Å²) in [5.41, 5.74) is 0. The first kappa shape index (κ1) is 13.5. The molecule has 1 fully saturated rings. The van der Waals surface area contributed by atoms with Gasteiger partial charge in [-0.25, -0.2) is 4.79 Å². The molecule has 2 atom stereocenters. The summed E-state index contributed by atoms with van der Waals surface area (Å²) in [6.07, 6.45) is 0.961. The number of methoxy groups -OCH3 is 1. The van der Waals surface area contributed by atoms with Gasteiger partial charge in [0.15, 0.2) is 0 Å². The van der Waals surface area contributed by atoms with Gasteiger partial charge in [0.1, 0.15) is 4.88 Å². The fraction of sp³-hybridized carbons (Fsp3) is 0.385. The van der Waals surface area contributed by atoms with Crippen LogP contribution in [0.5, 0.6) is 0 Å².